The van der Waals surface area contributed by atoms with Crippen molar-refractivity contribution in [3.63, 3.8) is 0 Å². The van der Waals surface area contributed by atoms with Gasteiger partial charge in [-0.15, -0.1) is 24.0 Å². The van der Waals surface area contributed by atoms with E-state index in [9.17, 15) is 0 Å². The Kier molecular flexibility index (Phi) is 8.50. The van der Waals surface area contributed by atoms with E-state index in [4.69, 9.17) is 0 Å². The molecule has 1 saturated carbocycles. The van der Waals surface area contributed by atoms with Crippen molar-refractivity contribution < 1.29 is 0 Å². The Morgan fingerprint density at radius 3 is 2.42 bits per heavy atom. The van der Waals surface area contributed by atoms with E-state index >= 15 is 0 Å². The number of rotatable bonds is 7. The highest BCUT2D eigenvalue weighted by molar-refractivity contribution is 14.0. The van der Waals surface area contributed by atoms with Crippen LogP contribution in [0, 0.1) is 0 Å². The Bertz CT molecular complexity index is 511. The van der Waals surface area contributed by atoms with Crippen molar-refractivity contribution in [1.82, 2.24) is 15.5 Å². The molecule has 1 unspecified atom stereocenters. The molecule has 0 radical (unpaired) electrons. The van der Waals surface area contributed by atoms with Crippen LogP contribution >= 0.6 is 24.0 Å². The summed E-state index contributed by atoms with van der Waals surface area (Å²) in [6.07, 6.45) is 2.69. The minimum atomic E-state index is 0. The molecule has 1 aliphatic rings. The number of guanidine groups is 1. The normalized spacial score (nSPS) is 16.5. The average Bonchev–Trinajstić information content (AvgIpc) is 3.39. The zero-order valence-corrected chi connectivity index (χ0v) is 18.0. The van der Waals surface area contributed by atoms with Crippen molar-refractivity contribution in [2.45, 2.75) is 51.1 Å². The van der Waals surface area contributed by atoms with Crippen LogP contribution in [0.1, 0.15) is 39.2 Å². The van der Waals surface area contributed by atoms with Gasteiger partial charge in [0.05, 0.1) is 0 Å². The number of nitrogens with zero attached hydrogens (tertiary/aromatic N) is 2. The number of benzene rings is 1. The van der Waals surface area contributed by atoms with Gasteiger partial charge in [0.15, 0.2) is 5.96 Å². The van der Waals surface area contributed by atoms with Crippen molar-refractivity contribution >= 4 is 29.9 Å². The molecule has 2 N–H and O–H groups in total. The molecule has 24 heavy (non-hydrogen) atoms. The minimum absolute atomic E-state index is 0. The molecule has 0 amide bonds. The van der Waals surface area contributed by atoms with Gasteiger partial charge in [-0.3, -0.25) is 9.89 Å². The number of hydrogen-bond acceptors (Lipinski definition) is 2. The van der Waals surface area contributed by atoms with Gasteiger partial charge in [-0.1, -0.05) is 44.2 Å². The monoisotopic (exact) mass is 444 g/mol. The van der Waals surface area contributed by atoms with E-state index in [2.05, 4.69) is 78.7 Å². The third kappa shape index (κ3) is 6.24. The van der Waals surface area contributed by atoms with Crippen LogP contribution in [0.5, 0.6) is 0 Å². The van der Waals surface area contributed by atoms with Gasteiger partial charge in [0, 0.05) is 37.6 Å². The zero-order valence-electron chi connectivity index (χ0n) is 15.7. The molecule has 0 aliphatic heterocycles. The molecule has 0 saturated heterocycles. The third-order valence-corrected chi connectivity index (χ3v) is 4.86. The van der Waals surface area contributed by atoms with Crippen LogP contribution < -0.4 is 10.6 Å². The molecular formula is C19H33IN4. The molecule has 136 valence electrons. The van der Waals surface area contributed by atoms with Crippen LogP contribution in [-0.4, -0.2) is 50.1 Å². The lowest BCUT2D eigenvalue weighted by atomic mass is 9.85. The first kappa shape index (κ1) is 21.2. The van der Waals surface area contributed by atoms with Crippen molar-refractivity contribution in [1.29, 1.82) is 0 Å². The highest BCUT2D eigenvalue weighted by atomic mass is 127. The van der Waals surface area contributed by atoms with Gasteiger partial charge in [0.1, 0.15) is 0 Å². The first-order chi connectivity index (χ1) is 10.9. The van der Waals surface area contributed by atoms with Gasteiger partial charge in [-0.25, -0.2) is 0 Å². The summed E-state index contributed by atoms with van der Waals surface area (Å²) in [6.45, 7) is 8.55. The summed E-state index contributed by atoms with van der Waals surface area (Å²) in [6, 6.07) is 11.9. The number of likely N-dealkylation sites (N-methyl/N-ethyl adjacent to an activating group) is 1. The van der Waals surface area contributed by atoms with E-state index in [1.807, 2.05) is 7.05 Å². The van der Waals surface area contributed by atoms with Gasteiger partial charge >= 0.3 is 0 Å². The predicted octanol–water partition coefficient (Wildman–Crippen LogP) is 3.23. The molecule has 0 aromatic heterocycles. The smallest absolute Gasteiger partial charge is 0.191 e. The third-order valence-electron chi connectivity index (χ3n) is 4.86. The summed E-state index contributed by atoms with van der Waals surface area (Å²) in [7, 11) is 4.05. The fourth-order valence-corrected chi connectivity index (χ4v) is 2.75. The maximum Gasteiger partial charge on any atom is 0.191 e. The van der Waals surface area contributed by atoms with Crippen LogP contribution in [0.15, 0.2) is 35.3 Å². The molecular weight excluding hydrogens is 411 g/mol. The average molecular weight is 444 g/mol. The van der Waals surface area contributed by atoms with Crippen LogP contribution in [0.2, 0.25) is 0 Å². The second-order valence-electron chi connectivity index (χ2n) is 7.30. The first-order valence-electron chi connectivity index (χ1n) is 8.66. The van der Waals surface area contributed by atoms with Crippen molar-refractivity contribution in [3.05, 3.63) is 35.9 Å². The molecule has 1 fully saturated rings. The fraction of sp³-hybridized carbons (Fsp3) is 0.632. The van der Waals surface area contributed by atoms with E-state index in [1.54, 1.807) is 0 Å². The number of halogens is 1. The van der Waals surface area contributed by atoms with Gasteiger partial charge in [-0.05, 0) is 32.4 Å². The molecule has 1 aromatic rings. The van der Waals surface area contributed by atoms with Crippen LogP contribution in [0.25, 0.3) is 0 Å². The zero-order chi connectivity index (χ0) is 16.9. The van der Waals surface area contributed by atoms with Gasteiger partial charge in [0.2, 0.25) is 0 Å². The predicted molar refractivity (Wildman–Crippen MR) is 114 cm³/mol. The van der Waals surface area contributed by atoms with E-state index in [1.165, 1.54) is 18.4 Å². The molecule has 2 rings (SSSR count). The first-order valence-corrected chi connectivity index (χ1v) is 8.66. The molecule has 0 bridgehead atoms. The lowest BCUT2D eigenvalue weighted by Gasteiger charge is -2.28. The summed E-state index contributed by atoms with van der Waals surface area (Å²) in [4.78, 5) is 6.82. The molecule has 0 spiro atoms. The van der Waals surface area contributed by atoms with Crippen LogP contribution in [0.3, 0.4) is 0 Å². The van der Waals surface area contributed by atoms with Gasteiger partial charge in [0.25, 0.3) is 0 Å². The summed E-state index contributed by atoms with van der Waals surface area (Å²) in [5.41, 5.74) is 1.40. The van der Waals surface area contributed by atoms with E-state index in [-0.39, 0.29) is 29.4 Å². The molecule has 5 heteroatoms. The lowest BCUT2D eigenvalue weighted by Crippen LogP contribution is -2.47. The standard InChI is InChI=1S/C19H32N4.HI/c1-15(23(5)17-11-12-17)13-21-18(20-4)22-14-19(2,3)16-9-7-6-8-10-16;/h6-10,15,17H,11-14H2,1-5H3,(H2,20,21,22);1H. The van der Waals surface area contributed by atoms with E-state index in [0.717, 1.165) is 25.1 Å². The highest BCUT2D eigenvalue weighted by Gasteiger charge is 2.29. The fourth-order valence-electron chi connectivity index (χ4n) is 2.75. The summed E-state index contributed by atoms with van der Waals surface area (Å²) in [5.74, 6) is 0.880. The highest BCUT2D eigenvalue weighted by Crippen LogP contribution is 2.26. The molecule has 4 nitrogen and oxygen atoms in total. The Morgan fingerprint density at radius 1 is 1.25 bits per heavy atom. The lowest BCUT2D eigenvalue weighted by molar-refractivity contribution is 0.247. The quantitative estimate of drug-likeness (QED) is 0.386. The van der Waals surface area contributed by atoms with Gasteiger partial charge in [-0.2, -0.15) is 0 Å². The maximum atomic E-state index is 4.35. The summed E-state index contributed by atoms with van der Waals surface area (Å²) in [5, 5.41) is 6.92. The Morgan fingerprint density at radius 2 is 1.88 bits per heavy atom. The number of nitrogens with one attached hydrogen (secondary N) is 2. The van der Waals surface area contributed by atoms with E-state index in [0.29, 0.717) is 6.04 Å². The number of hydrogen-bond donors (Lipinski definition) is 2. The Hall–Kier alpha value is -0.820. The molecule has 1 atom stereocenters. The largest absolute Gasteiger partial charge is 0.356 e. The molecule has 1 aromatic carbocycles. The topological polar surface area (TPSA) is 39.7 Å². The second-order valence-corrected chi connectivity index (χ2v) is 7.30. The summed E-state index contributed by atoms with van der Waals surface area (Å²) < 4.78 is 0. The van der Waals surface area contributed by atoms with Crippen molar-refractivity contribution in [2.24, 2.45) is 4.99 Å². The SMILES string of the molecule is CN=C(NCC(C)N(C)C1CC1)NCC(C)(C)c1ccccc1.I. The van der Waals surface area contributed by atoms with Crippen molar-refractivity contribution in [2.75, 3.05) is 27.2 Å². The summed E-state index contributed by atoms with van der Waals surface area (Å²) >= 11 is 0. The second kappa shape index (κ2) is 9.61. The molecule has 0 heterocycles. The van der Waals surface area contributed by atoms with Gasteiger partial charge < -0.3 is 10.6 Å². The number of aliphatic imine (C=N–C) groups is 1. The maximum absolute atomic E-state index is 4.35. The Labute approximate surface area is 164 Å². The minimum Gasteiger partial charge on any atom is -0.356 e. The van der Waals surface area contributed by atoms with E-state index < -0.39 is 0 Å². The van der Waals surface area contributed by atoms with Crippen LogP contribution in [-0.2, 0) is 5.41 Å². The Balaban J connectivity index is 0.00000288. The van der Waals surface area contributed by atoms with Crippen molar-refractivity contribution in [3.8, 4) is 0 Å². The molecule has 1 aliphatic carbocycles. The van der Waals surface area contributed by atoms with Crippen LogP contribution in [0.4, 0.5) is 0 Å².